The van der Waals surface area contributed by atoms with Gasteiger partial charge in [-0.1, -0.05) is 23.8 Å². The third-order valence-corrected chi connectivity index (χ3v) is 7.07. The first-order chi connectivity index (χ1) is 11.4. The monoisotopic (exact) mass is 328 g/mol. The molecule has 4 aliphatic rings. The molecule has 4 rings (SSSR count). The highest BCUT2D eigenvalue weighted by molar-refractivity contribution is 5.75. The van der Waals surface area contributed by atoms with Gasteiger partial charge in [-0.3, -0.25) is 4.79 Å². The molecule has 2 fully saturated rings. The molecule has 132 valence electrons. The van der Waals surface area contributed by atoms with Crippen LogP contribution in [-0.4, -0.2) is 12.1 Å². The lowest BCUT2D eigenvalue weighted by Crippen LogP contribution is -2.42. The van der Waals surface area contributed by atoms with Crippen molar-refractivity contribution in [3.8, 4) is 0 Å². The Kier molecular flexibility index (Phi) is 4.13. The molecule has 0 saturated heterocycles. The largest absolute Gasteiger partial charge is 0.462 e. The van der Waals surface area contributed by atoms with Crippen LogP contribution < -0.4 is 0 Å². The van der Waals surface area contributed by atoms with E-state index in [1.165, 1.54) is 32.1 Å². The van der Waals surface area contributed by atoms with Crippen molar-refractivity contribution in [3.63, 3.8) is 0 Å². The van der Waals surface area contributed by atoms with Crippen molar-refractivity contribution in [2.45, 2.75) is 71.8 Å². The van der Waals surface area contributed by atoms with E-state index in [1.807, 2.05) is 20.8 Å². The summed E-state index contributed by atoms with van der Waals surface area (Å²) >= 11 is 0. The molecule has 4 aliphatic carbocycles. The van der Waals surface area contributed by atoms with Gasteiger partial charge in [0.2, 0.25) is 0 Å². The molecule has 0 spiro atoms. The lowest BCUT2D eigenvalue weighted by molar-refractivity contribution is -0.160. The summed E-state index contributed by atoms with van der Waals surface area (Å²) in [7, 11) is 0. The Bertz CT molecular complexity index is 565. The number of carbonyl (C=O) groups is 1. The van der Waals surface area contributed by atoms with Gasteiger partial charge in [0.05, 0.1) is 5.41 Å². The molecule has 2 heteroatoms. The first-order valence-corrected chi connectivity index (χ1v) is 10.00. The van der Waals surface area contributed by atoms with Gasteiger partial charge in [0.15, 0.2) is 0 Å². The van der Waals surface area contributed by atoms with Gasteiger partial charge in [-0.2, -0.15) is 0 Å². The highest BCUT2D eigenvalue weighted by Gasteiger charge is 2.46. The normalized spacial score (nSPS) is 41.0. The summed E-state index contributed by atoms with van der Waals surface area (Å²) in [6, 6.07) is 0. The van der Waals surface area contributed by atoms with Crippen molar-refractivity contribution in [2.75, 3.05) is 0 Å². The Morgan fingerprint density at radius 3 is 2.67 bits per heavy atom. The van der Waals surface area contributed by atoms with Gasteiger partial charge in [0.25, 0.3) is 0 Å². The Labute approximate surface area is 146 Å². The van der Waals surface area contributed by atoms with E-state index in [2.05, 4.69) is 18.2 Å². The molecule has 0 aromatic carbocycles. The first-order valence-electron chi connectivity index (χ1n) is 10.00. The summed E-state index contributed by atoms with van der Waals surface area (Å²) in [5.74, 6) is 4.31. The first kappa shape index (κ1) is 16.4. The molecule has 0 bridgehead atoms. The maximum absolute atomic E-state index is 12.2. The molecule has 2 saturated carbocycles. The number of ether oxygens (including phenoxy) is 1. The maximum atomic E-state index is 12.2. The fraction of sp³-hybridized carbons (Fsp3) is 0.773. The van der Waals surface area contributed by atoms with Gasteiger partial charge in [0, 0.05) is 6.42 Å². The third-order valence-electron chi connectivity index (χ3n) is 7.07. The Balaban J connectivity index is 1.44. The topological polar surface area (TPSA) is 26.3 Å². The Hall–Kier alpha value is -1.05. The third kappa shape index (κ3) is 2.86. The number of hydrogen-bond acceptors (Lipinski definition) is 2. The van der Waals surface area contributed by atoms with Crippen molar-refractivity contribution < 1.29 is 9.53 Å². The van der Waals surface area contributed by atoms with E-state index in [0.717, 1.165) is 42.4 Å². The minimum atomic E-state index is -0.392. The summed E-state index contributed by atoms with van der Waals surface area (Å²) in [6.07, 6.45) is 16.2. The highest BCUT2D eigenvalue weighted by Crippen LogP contribution is 2.54. The minimum absolute atomic E-state index is 0.0437. The summed E-state index contributed by atoms with van der Waals surface area (Å²) in [4.78, 5) is 12.2. The summed E-state index contributed by atoms with van der Waals surface area (Å²) in [5.41, 5.74) is 1.22. The van der Waals surface area contributed by atoms with Gasteiger partial charge < -0.3 is 4.74 Å². The van der Waals surface area contributed by atoms with Crippen LogP contribution in [0.3, 0.4) is 0 Å². The zero-order valence-electron chi connectivity index (χ0n) is 15.5. The average Bonchev–Trinajstić information content (AvgIpc) is 3.02. The van der Waals surface area contributed by atoms with Crippen LogP contribution in [0.1, 0.15) is 65.7 Å². The number of fused-ring (bicyclic) bond motifs is 5. The van der Waals surface area contributed by atoms with Crippen molar-refractivity contribution in [1.82, 2.24) is 0 Å². The molecule has 0 heterocycles. The van der Waals surface area contributed by atoms with Crippen molar-refractivity contribution in [2.24, 2.45) is 35.0 Å². The van der Waals surface area contributed by atoms with Crippen molar-refractivity contribution in [1.29, 1.82) is 0 Å². The van der Waals surface area contributed by atoms with Crippen LogP contribution in [0.15, 0.2) is 23.8 Å². The van der Waals surface area contributed by atoms with Crippen LogP contribution in [0.5, 0.6) is 0 Å². The quantitative estimate of drug-likeness (QED) is 0.483. The molecular formula is C22H32O2. The second-order valence-corrected chi connectivity index (χ2v) is 9.58. The fourth-order valence-electron chi connectivity index (χ4n) is 5.80. The smallest absolute Gasteiger partial charge is 0.311 e. The zero-order chi connectivity index (χ0) is 16.9. The standard InChI is InChI=1S/C22H32O2/c1-22(2,3)21(23)24-16-9-12-18-15(13-16)8-11-19-17-6-4-5-14(17)7-10-20(18)19/h4-5,8,14,16-20H,6-7,9-13H2,1-3H3. The summed E-state index contributed by atoms with van der Waals surface area (Å²) in [5, 5.41) is 0. The number of esters is 1. The minimum Gasteiger partial charge on any atom is -0.462 e. The Morgan fingerprint density at radius 2 is 1.88 bits per heavy atom. The van der Waals surface area contributed by atoms with Gasteiger partial charge in [-0.25, -0.2) is 0 Å². The lowest BCUT2D eigenvalue weighted by Gasteiger charge is -2.49. The molecule has 6 atom stereocenters. The van der Waals surface area contributed by atoms with Crippen LogP contribution in [0.4, 0.5) is 0 Å². The van der Waals surface area contributed by atoms with Crippen LogP contribution in [0.25, 0.3) is 0 Å². The van der Waals surface area contributed by atoms with E-state index in [-0.39, 0.29) is 12.1 Å². The van der Waals surface area contributed by atoms with Crippen LogP contribution >= 0.6 is 0 Å². The SMILES string of the molecule is CC(C)(C)C(=O)OC1CCC2C(=CCC3C4CC=CC4CCC23)C1. The highest BCUT2D eigenvalue weighted by atomic mass is 16.5. The number of rotatable bonds is 1. The van der Waals surface area contributed by atoms with Crippen molar-refractivity contribution in [3.05, 3.63) is 23.8 Å². The van der Waals surface area contributed by atoms with Gasteiger partial charge >= 0.3 is 5.97 Å². The maximum Gasteiger partial charge on any atom is 0.311 e. The fourth-order valence-corrected chi connectivity index (χ4v) is 5.80. The zero-order valence-corrected chi connectivity index (χ0v) is 15.5. The second kappa shape index (κ2) is 6.04. The lowest BCUT2D eigenvalue weighted by atomic mass is 9.57. The molecule has 0 aliphatic heterocycles. The van der Waals surface area contributed by atoms with Crippen molar-refractivity contribution >= 4 is 5.97 Å². The molecule has 6 unspecified atom stereocenters. The van der Waals surface area contributed by atoms with E-state index in [1.54, 1.807) is 5.57 Å². The van der Waals surface area contributed by atoms with E-state index in [0.29, 0.717) is 0 Å². The predicted molar refractivity (Wildman–Crippen MR) is 96.3 cm³/mol. The number of allylic oxidation sites excluding steroid dienone is 3. The Morgan fingerprint density at radius 1 is 1.04 bits per heavy atom. The van der Waals surface area contributed by atoms with Crippen LogP contribution in [0.2, 0.25) is 0 Å². The van der Waals surface area contributed by atoms with Crippen LogP contribution in [0, 0.1) is 35.0 Å². The molecule has 0 amide bonds. The van der Waals surface area contributed by atoms with Crippen LogP contribution in [-0.2, 0) is 9.53 Å². The average molecular weight is 328 g/mol. The second-order valence-electron chi connectivity index (χ2n) is 9.58. The van der Waals surface area contributed by atoms with Gasteiger partial charge in [0.1, 0.15) is 6.10 Å². The molecule has 24 heavy (non-hydrogen) atoms. The summed E-state index contributed by atoms with van der Waals surface area (Å²) < 4.78 is 5.82. The summed E-state index contributed by atoms with van der Waals surface area (Å²) in [6.45, 7) is 5.83. The van der Waals surface area contributed by atoms with E-state index >= 15 is 0 Å². The van der Waals surface area contributed by atoms with Gasteiger partial charge in [-0.15, -0.1) is 0 Å². The molecule has 0 aromatic heterocycles. The van der Waals surface area contributed by atoms with E-state index in [4.69, 9.17) is 4.74 Å². The van der Waals surface area contributed by atoms with E-state index < -0.39 is 5.41 Å². The molecule has 0 radical (unpaired) electrons. The molecule has 2 nitrogen and oxygen atoms in total. The molecule has 0 aromatic rings. The molecule has 0 N–H and O–H groups in total. The predicted octanol–water partition coefficient (Wildman–Crippen LogP) is 5.29. The molecular weight excluding hydrogens is 296 g/mol. The number of hydrogen-bond donors (Lipinski definition) is 0. The van der Waals surface area contributed by atoms with E-state index in [9.17, 15) is 4.79 Å². The van der Waals surface area contributed by atoms with Gasteiger partial charge in [-0.05, 0) is 88.9 Å². The number of carbonyl (C=O) groups excluding carboxylic acids is 1.